The Kier molecular flexibility index (Phi) is 5.97. The summed E-state index contributed by atoms with van der Waals surface area (Å²) in [6, 6.07) is 2.07. The highest BCUT2D eigenvalue weighted by Gasteiger charge is 2.31. The number of carbonyl (C=O) groups excluding carboxylic acids is 2. The van der Waals surface area contributed by atoms with Crippen molar-refractivity contribution in [3.05, 3.63) is 21.9 Å². The highest BCUT2D eigenvalue weighted by molar-refractivity contribution is 7.10. The molecular weight excluding hydrogens is 300 g/mol. The number of amides is 2. The molecule has 0 N–H and O–H groups in total. The molecule has 1 unspecified atom stereocenters. The summed E-state index contributed by atoms with van der Waals surface area (Å²) < 4.78 is 5.03. The van der Waals surface area contributed by atoms with Crippen LogP contribution in [0.2, 0.25) is 0 Å². The molecule has 0 bridgehead atoms. The molecule has 1 aromatic heterocycles. The summed E-state index contributed by atoms with van der Waals surface area (Å²) in [6.45, 7) is 4.29. The van der Waals surface area contributed by atoms with Crippen LogP contribution in [-0.2, 0) is 20.9 Å². The SMILES string of the molecule is COCCN1CC(C(=O)N(C)Cc2sccc2C)CCC1=O. The summed E-state index contributed by atoms with van der Waals surface area (Å²) in [5.74, 6) is 0.153. The van der Waals surface area contributed by atoms with Gasteiger partial charge in [-0.25, -0.2) is 0 Å². The number of likely N-dealkylation sites (tertiary alicyclic amines) is 1. The van der Waals surface area contributed by atoms with Gasteiger partial charge in [-0.1, -0.05) is 0 Å². The van der Waals surface area contributed by atoms with E-state index in [1.165, 1.54) is 10.4 Å². The summed E-state index contributed by atoms with van der Waals surface area (Å²) in [4.78, 5) is 29.3. The Morgan fingerprint density at radius 1 is 1.55 bits per heavy atom. The lowest BCUT2D eigenvalue weighted by Gasteiger charge is -2.33. The Morgan fingerprint density at radius 2 is 2.32 bits per heavy atom. The number of aryl methyl sites for hydroxylation is 1. The number of carbonyl (C=O) groups is 2. The van der Waals surface area contributed by atoms with E-state index >= 15 is 0 Å². The number of ether oxygens (including phenoxy) is 1. The van der Waals surface area contributed by atoms with Crippen LogP contribution in [0.15, 0.2) is 11.4 Å². The molecule has 22 heavy (non-hydrogen) atoms. The second-order valence-electron chi connectivity index (χ2n) is 5.79. The van der Waals surface area contributed by atoms with E-state index in [1.807, 2.05) is 7.05 Å². The Morgan fingerprint density at radius 3 is 2.95 bits per heavy atom. The first-order valence-corrected chi connectivity index (χ1v) is 8.45. The van der Waals surface area contributed by atoms with Crippen LogP contribution in [0.5, 0.6) is 0 Å². The number of hydrogen-bond donors (Lipinski definition) is 0. The third-order valence-corrected chi connectivity index (χ3v) is 5.15. The first kappa shape index (κ1) is 17.0. The molecular formula is C16H24N2O3S. The van der Waals surface area contributed by atoms with E-state index < -0.39 is 0 Å². The Labute approximate surface area is 135 Å². The third kappa shape index (κ3) is 4.08. The normalized spacial score (nSPS) is 18.6. The van der Waals surface area contributed by atoms with Crippen molar-refractivity contribution in [2.45, 2.75) is 26.3 Å². The topological polar surface area (TPSA) is 49.9 Å². The molecule has 2 amide bonds. The minimum Gasteiger partial charge on any atom is -0.383 e. The van der Waals surface area contributed by atoms with Gasteiger partial charge in [-0.3, -0.25) is 9.59 Å². The number of nitrogens with zero attached hydrogens (tertiary/aromatic N) is 2. The van der Waals surface area contributed by atoms with Gasteiger partial charge < -0.3 is 14.5 Å². The van der Waals surface area contributed by atoms with Crippen molar-refractivity contribution >= 4 is 23.2 Å². The predicted molar refractivity (Wildman–Crippen MR) is 86.7 cm³/mol. The monoisotopic (exact) mass is 324 g/mol. The number of piperidine rings is 1. The van der Waals surface area contributed by atoms with E-state index in [4.69, 9.17) is 4.74 Å². The van der Waals surface area contributed by atoms with Gasteiger partial charge in [0.15, 0.2) is 0 Å². The van der Waals surface area contributed by atoms with Crippen LogP contribution in [0.3, 0.4) is 0 Å². The van der Waals surface area contributed by atoms with Crippen LogP contribution in [0.1, 0.15) is 23.3 Å². The fourth-order valence-corrected chi connectivity index (χ4v) is 3.66. The quantitative estimate of drug-likeness (QED) is 0.803. The smallest absolute Gasteiger partial charge is 0.227 e. The van der Waals surface area contributed by atoms with Crippen LogP contribution < -0.4 is 0 Å². The zero-order valence-electron chi connectivity index (χ0n) is 13.5. The molecule has 0 saturated carbocycles. The van der Waals surface area contributed by atoms with Gasteiger partial charge in [0.25, 0.3) is 0 Å². The fraction of sp³-hybridized carbons (Fsp3) is 0.625. The van der Waals surface area contributed by atoms with E-state index in [9.17, 15) is 9.59 Å². The Bertz CT molecular complexity index is 529. The standard InChI is InChI=1S/C16H24N2O3S/c1-12-6-9-22-14(12)11-17(2)16(20)13-4-5-15(19)18(10-13)7-8-21-3/h6,9,13H,4-5,7-8,10-11H2,1-3H3. The van der Waals surface area contributed by atoms with E-state index in [1.54, 1.807) is 28.2 Å². The minimum absolute atomic E-state index is 0.0974. The first-order chi connectivity index (χ1) is 10.5. The van der Waals surface area contributed by atoms with Crippen molar-refractivity contribution in [2.24, 2.45) is 5.92 Å². The summed E-state index contributed by atoms with van der Waals surface area (Å²) in [5.41, 5.74) is 1.23. The molecule has 2 rings (SSSR count). The molecule has 2 heterocycles. The molecule has 0 aliphatic carbocycles. The maximum Gasteiger partial charge on any atom is 0.227 e. The summed E-state index contributed by atoms with van der Waals surface area (Å²) in [6.07, 6.45) is 1.10. The van der Waals surface area contributed by atoms with Gasteiger partial charge in [0.1, 0.15) is 0 Å². The molecule has 0 radical (unpaired) electrons. The first-order valence-electron chi connectivity index (χ1n) is 7.57. The lowest BCUT2D eigenvalue weighted by molar-refractivity contribution is -0.143. The maximum atomic E-state index is 12.6. The number of hydrogen-bond acceptors (Lipinski definition) is 4. The number of thiophene rings is 1. The second-order valence-corrected chi connectivity index (χ2v) is 6.79. The van der Waals surface area contributed by atoms with Crippen LogP contribution >= 0.6 is 11.3 Å². The fourth-order valence-electron chi connectivity index (χ4n) is 2.71. The van der Waals surface area contributed by atoms with Crippen molar-refractivity contribution in [3.63, 3.8) is 0 Å². The molecule has 1 atom stereocenters. The van der Waals surface area contributed by atoms with Crippen molar-refractivity contribution in [3.8, 4) is 0 Å². The average molecular weight is 324 g/mol. The predicted octanol–water partition coefficient (Wildman–Crippen LogP) is 1.90. The third-order valence-electron chi connectivity index (χ3n) is 4.14. The molecule has 1 saturated heterocycles. The van der Waals surface area contributed by atoms with Gasteiger partial charge in [0.05, 0.1) is 19.1 Å². The van der Waals surface area contributed by atoms with Crippen LogP contribution in [0.25, 0.3) is 0 Å². The van der Waals surface area contributed by atoms with Crippen molar-refractivity contribution in [2.75, 3.05) is 33.9 Å². The van der Waals surface area contributed by atoms with Gasteiger partial charge in [-0.15, -0.1) is 11.3 Å². The van der Waals surface area contributed by atoms with Crippen LogP contribution in [-0.4, -0.2) is 55.5 Å². The highest BCUT2D eigenvalue weighted by Crippen LogP contribution is 2.22. The molecule has 0 spiro atoms. The van der Waals surface area contributed by atoms with Crippen molar-refractivity contribution in [1.29, 1.82) is 0 Å². The van der Waals surface area contributed by atoms with Crippen LogP contribution in [0.4, 0.5) is 0 Å². The number of methoxy groups -OCH3 is 1. The molecule has 1 fully saturated rings. The molecule has 5 nitrogen and oxygen atoms in total. The van der Waals surface area contributed by atoms with Crippen molar-refractivity contribution in [1.82, 2.24) is 9.80 Å². The van der Waals surface area contributed by atoms with Gasteiger partial charge >= 0.3 is 0 Å². The molecule has 1 aliphatic rings. The largest absolute Gasteiger partial charge is 0.383 e. The van der Waals surface area contributed by atoms with Crippen molar-refractivity contribution < 1.29 is 14.3 Å². The molecule has 0 aromatic carbocycles. The number of rotatable bonds is 6. The summed E-state index contributed by atoms with van der Waals surface area (Å²) in [5, 5.41) is 2.05. The lowest BCUT2D eigenvalue weighted by atomic mass is 9.96. The highest BCUT2D eigenvalue weighted by atomic mass is 32.1. The lowest BCUT2D eigenvalue weighted by Crippen LogP contribution is -2.47. The Hall–Kier alpha value is -1.40. The summed E-state index contributed by atoms with van der Waals surface area (Å²) in [7, 11) is 3.46. The Balaban J connectivity index is 1.93. The zero-order chi connectivity index (χ0) is 16.1. The van der Waals surface area contributed by atoms with E-state index in [2.05, 4.69) is 18.4 Å². The molecule has 1 aromatic rings. The van der Waals surface area contributed by atoms with Gasteiger partial charge in [-0.05, 0) is 30.4 Å². The minimum atomic E-state index is -0.0974. The van der Waals surface area contributed by atoms with Crippen LogP contribution in [0, 0.1) is 12.8 Å². The van der Waals surface area contributed by atoms with Gasteiger partial charge in [0.2, 0.25) is 11.8 Å². The van der Waals surface area contributed by atoms with E-state index in [-0.39, 0.29) is 17.7 Å². The molecule has 6 heteroatoms. The second kappa shape index (κ2) is 7.74. The van der Waals surface area contributed by atoms with E-state index in [0.29, 0.717) is 39.1 Å². The molecule has 122 valence electrons. The summed E-state index contributed by atoms with van der Waals surface area (Å²) >= 11 is 1.68. The van der Waals surface area contributed by atoms with Gasteiger partial charge in [-0.2, -0.15) is 0 Å². The zero-order valence-corrected chi connectivity index (χ0v) is 14.3. The average Bonchev–Trinajstić information content (AvgIpc) is 2.91. The molecule has 1 aliphatic heterocycles. The van der Waals surface area contributed by atoms with Gasteiger partial charge in [0, 0.05) is 38.5 Å². The van der Waals surface area contributed by atoms with E-state index in [0.717, 1.165) is 0 Å². The maximum absolute atomic E-state index is 12.6.